The summed E-state index contributed by atoms with van der Waals surface area (Å²) in [5, 5.41) is 5.05. The van der Waals surface area contributed by atoms with E-state index < -0.39 is 0 Å². The van der Waals surface area contributed by atoms with E-state index in [1.54, 1.807) is 0 Å². The summed E-state index contributed by atoms with van der Waals surface area (Å²) in [6.07, 6.45) is 0. The molecule has 0 heteroatoms. The summed E-state index contributed by atoms with van der Waals surface area (Å²) >= 11 is 0. The Morgan fingerprint density at radius 3 is 1.05 bits per heavy atom. The van der Waals surface area contributed by atoms with Crippen LogP contribution in [0, 0.1) is 0 Å². The van der Waals surface area contributed by atoms with Gasteiger partial charge in [-0.25, -0.2) is 0 Å². The normalized spacial score (nSPS) is 11.2. The Bertz CT molecular complexity index is 1910. The van der Waals surface area contributed by atoms with Gasteiger partial charge in [0.05, 0.1) is 0 Å². The molecule has 0 amide bonds. The molecule has 0 unspecified atom stereocenters. The van der Waals surface area contributed by atoms with Gasteiger partial charge < -0.3 is 0 Å². The topological polar surface area (TPSA) is 0 Å². The van der Waals surface area contributed by atoms with Crippen LogP contribution in [0.25, 0.3) is 66.1 Å². The first kappa shape index (κ1) is 22.3. The maximum absolute atomic E-state index is 2.30. The van der Waals surface area contributed by atoms with Gasteiger partial charge in [0.25, 0.3) is 0 Å². The summed E-state index contributed by atoms with van der Waals surface area (Å²) in [4.78, 5) is 0. The Labute approximate surface area is 223 Å². The van der Waals surface area contributed by atoms with Crippen molar-refractivity contribution in [3.8, 4) is 44.5 Å². The summed E-state index contributed by atoms with van der Waals surface area (Å²) in [5.41, 5.74) is 9.89. The van der Waals surface area contributed by atoms with Crippen LogP contribution in [-0.2, 0) is 0 Å². The van der Waals surface area contributed by atoms with Gasteiger partial charge in [-0.05, 0) is 96.4 Å². The van der Waals surface area contributed by atoms with Gasteiger partial charge in [-0.1, -0.05) is 127 Å². The highest BCUT2D eigenvalue weighted by molar-refractivity contribution is 5.92. The van der Waals surface area contributed by atoms with E-state index in [4.69, 9.17) is 0 Å². The molecule has 0 saturated heterocycles. The highest BCUT2D eigenvalue weighted by Gasteiger charge is 2.07. The lowest BCUT2D eigenvalue weighted by atomic mass is 9.94. The predicted molar refractivity (Wildman–Crippen MR) is 163 cm³/mol. The number of rotatable bonds is 4. The van der Waals surface area contributed by atoms with Crippen molar-refractivity contribution in [3.05, 3.63) is 158 Å². The predicted octanol–water partition coefficient (Wildman–Crippen LogP) is 10.7. The molecule has 38 heavy (non-hydrogen) atoms. The monoisotopic (exact) mass is 482 g/mol. The van der Waals surface area contributed by atoms with E-state index in [0.29, 0.717) is 0 Å². The fraction of sp³-hybridized carbons (Fsp3) is 0. The number of hydrogen-bond donors (Lipinski definition) is 0. The molecule has 0 fully saturated rings. The van der Waals surface area contributed by atoms with Crippen molar-refractivity contribution in [1.82, 2.24) is 0 Å². The zero-order chi connectivity index (χ0) is 25.3. The average molecular weight is 483 g/mol. The largest absolute Gasteiger partial charge is 0.0622 e. The molecule has 0 heterocycles. The Morgan fingerprint density at radius 1 is 0.184 bits per heavy atom. The fourth-order valence-corrected chi connectivity index (χ4v) is 5.36. The lowest BCUT2D eigenvalue weighted by molar-refractivity contribution is 1.58. The molecule has 0 aromatic heterocycles. The lowest BCUT2D eigenvalue weighted by Gasteiger charge is -2.10. The molecule has 0 aliphatic rings. The van der Waals surface area contributed by atoms with Crippen LogP contribution in [0.4, 0.5) is 0 Å². The van der Waals surface area contributed by atoms with Crippen LogP contribution in [0.2, 0.25) is 0 Å². The van der Waals surface area contributed by atoms with Crippen molar-refractivity contribution in [2.24, 2.45) is 0 Å². The van der Waals surface area contributed by atoms with Gasteiger partial charge in [-0.2, -0.15) is 0 Å². The number of benzene rings is 7. The molecule has 7 aromatic rings. The first-order valence-electron chi connectivity index (χ1n) is 13.1. The molecular weight excluding hydrogens is 456 g/mol. The second-order valence-electron chi connectivity index (χ2n) is 9.87. The third kappa shape index (κ3) is 4.27. The molecule has 0 atom stereocenters. The molecule has 7 rings (SSSR count). The van der Waals surface area contributed by atoms with Gasteiger partial charge >= 0.3 is 0 Å². The van der Waals surface area contributed by atoms with Crippen LogP contribution in [0.5, 0.6) is 0 Å². The molecule has 178 valence electrons. The average Bonchev–Trinajstić information content (AvgIpc) is 3.01. The van der Waals surface area contributed by atoms with Crippen molar-refractivity contribution in [3.63, 3.8) is 0 Å². The first-order chi connectivity index (χ1) is 18.8. The first-order valence-corrected chi connectivity index (χ1v) is 13.1. The van der Waals surface area contributed by atoms with E-state index in [2.05, 4.69) is 158 Å². The second-order valence-corrected chi connectivity index (χ2v) is 9.87. The third-order valence-corrected chi connectivity index (χ3v) is 7.42. The molecule has 0 bridgehead atoms. The summed E-state index contributed by atoms with van der Waals surface area (Å²) in [6, 6.07) is 57.1. The van der Waals surface area contributed by atoms with Gasteiger partial charge in [0, 0.05) is 0 Å². The molecule has 7 aromatic carbocycles. The highest BCUT2D eigenvalue weighted by Crippen LogP contribution is 2.33. The summed E-state index contributed by atoms with van der Waals surface area (Å²) in [7, 11) is 0. The van der Waals surface area contributed by atoms with Crippen LogP contribution in [0.3, 0.4) is 0 Å². The molecule has 0 N–H and O–H groups in total. The Hall–Kier alpha value is -4.94. The quantitative estimate of drug-likeness (QED) is 0.234. The van der Waals surface area contributed by atoms with E-state index in [0.717, 1.165) is 0 Å². The Morgan fingerprint density at radius 2 is 0.526 bits per heavy atom. The molecule has 0 saturated carbocycles. The summed E-state index contributed by atoms with van der Waals surface area (Å²) < 4.78 is 0. The van der Waals surface area contributed by atoms with Gasteiger partial charge in [0.1, 0.15) is 0 Å². The van der Waals surface area contributed by atoms with E-state index in [9.17, 15) is 0 Å². The standard InChI is InChI=1S/C38H26/c1-2-8-27(9-3-1)34-18-19-38-26-36(20-21-37(38)25-34)33-15-7-13-31(24-33)30-12-6-14-32(23-30)35-17-16-28-10-4-5-11-29(28)22-35/h1-26H. The number of hydrogen-bond acceptors (Lipinski definition) is 0. The minimum atomic E-state index is 1.23. The molecule has 0 spiro atoms. The minimum absolute atomic E-state index is 1.23. The molecule has 0 aliphatic heterocycles. The SMILES string of the molecule is c1ccc(-c2ccc3cc(-c4cccc(-c5cccc(-c6ccc7ccccc7c6)c5)c4)ccc3c2)cc1. The molecule has 0 nitrogen and oxygen atoms in total. The Kier molecular flexibility index (Phi) is 5.57. The summed E-state index contributed by atoms with van der Waals surface area (Å²) in [5.74, 6) is 0. The molecule has 0 radical (unpaired) electrons. The van der Waals surface area contributed by atoms with Crippen molar-refractivity contribution in [2.45, 2.75) is 0 Å². The van der Waals surface area contributed by atoms with E-state index in [1.807, 2.05) is 0 Å². The van der Waals surface area contributed by atoms with Crippen molar-refractivity contribution >= 4 is 21.5 Å². The van der Waals surface area contributed by atoms with E-state index in [-0.39, 0.29) is 0 Å². The molecule has 0 aliphatic carbocycles. The lowest BCUT2D eigenvalue weighted by Crippen LogP contribution is -1.85. The molecular formula is C38H26. The van der Waals surface area contributed by atoms with Crippen LogP contribution < -0.4 is 0 Å². The number of fused-ring (bicyclic) bond motifs is 2. The third-order valence-electron chi connectivity index (χ3n) is 7.42. The zero-order valence-corrected chi connectivity index (χ0v) is 21.0. The van der Waals surface area contributed by atoms with Crippen molar-refractivity contribution < 1.29 is 0 Å². The smallest absolute Gasteiger partial charge is 0.0177 e. The van der Waals surface area contributed by atoms with Gasteiger partial charge in [0.15, 0.2) is 0 Å². The van der Waals surface area contributed by atoms with Crippen LogP contribution >= 0.6 is 0 Å². The van der Waals surface area contributed by atoms with Gasteiger partial charge in [-0.15, -0.1) is 0 Å². The fourth-order valence-electron chi connectivity index (χ4n) is 5.36. The highest BCUT2D eigenvalue weighted by atomic mass is 14.1. The zero-order valence-electron chi connectivity index (χ0n) is 21.0. The van der Waals surface area contributed by atoms with E-state index >= 15 is 0 Å². The van der Waals surface area contributed by atoms with E-state index in [1.165, 1.54) is 66.1 Å². The summed E-state index contributed by atoms with van der Waals surface area (Å²) in [6.45, 7) is 0. The van der Waals surface area contributed by atoms with Crippen molar-refractivity contribution in [1.29, 1.82) is 0 Å². The second kappa shape index (κ2) is 9.50. The van der Waals surface area contributed by atoms with Gasteiger partial charge in [0.2, 0.25) is 0 Å². The minimum Gasteiger partial charge on any atom is -0.0622 e. The maximum Gasteiger partial charge on any atom is -0.0177 e. The Balaban J connectivity index is 1.22. The maximum atomic E-state index is 2.30. The van der Waals surface area contributed by atoms with Gasteiger partial charge in [-0.3, -0.25) is 0 Å². The van der Waals surface area contributed by atoms with Crippen LogP contribution in [0.15, 0.2) is 158 Å². The van der Waals surface area contributed by atoms with Crippen LogP contribution in [0.1, 0.15) is 0 Å². The van der Waals surface area contributed by atoms with Crippen LogP contribution in [-0.4, -0.2) is 0 Å². The van der Waals surface area contributed by atoms with Crippen molar-refractivity contribution in [2.75, 3.05) is 0 Å².